The van der Waals surface area contributed by atoms with Gasteiger partial charge in [0.15, 0.2) is 23.0 Å². The first kappa shape index (κ1) is 20.7. The molecule has 0 atom stereocenters. The highest BCUT2D eigenvalue weighted by molar-refractivity contribution is 5.92. The summed E-state index contributed by atoms with van der Waals surface area (Å²) in [5.74, 6) is 1.13. The molecule has 0 aliphatic heterocycles. The molecule has 0 aromatic heterocycles. The summed E-state index contributed by atoms with van der Waals surface area (Å²) in [6.45, 7) is 0. The van der Waals surface area contributed by atoms with Gasteiger partial charge < -0.3 is 18.9 Å². The van der Waals surface area contributed by atoms with Crippen molar-refractivity contribution in [1.29, 1.82) is 0 Å². The fraction of sp³-hybridized carbons (Fsp3) is 0.130. The number of ether oxygens (including phenoxy) is 4. The zero-order valence-corrected chi connectivity index (χ0v) is 16.9. The molecule has 0 saturated heterocycles. The van der Waals surface area contributed by atoms with Crippen molar-refractivity contribution in [3.05, 3.63) is 77.9 Å². The molecule has 0 heterocycles. The second-order valence-electron chi connectivity index (χ2n) is 6.11. The molecule has 0 amide bonds. The maximum absolute atomic E-state index is 12.6. The minimum absolute atomic E-state index is 0.297. The lowest BCUT2D eigenvalue weighted by molar-refractivity contribution is 0.0729. The molecule has 0 bridgehead atoms. The Labute approximate surface area is 174 Å². The van der Waals surface area contributed by atoms with E-state index in [4.69, 9.17) is 18.9 Å². The van der Waals surface area contributed by atoms with E-state index >= 15 is 0 Å². The standard InChI is InChI=1S/C23H22N2O5/c1-27-19-12-10-17(14-22(19)29-3)23(26)30-20-11-9-16(13-21(20)28-2)15-24-25-18-7-5-4-6-8-18/h4-15,25H,1-3H3/b24-15+. The largest absolute Gasteiger partial charge is 0.493 e. The molecule has 7 nitrogen and oxygen atoms in total. The molecule has 0 saturated carbocycles. The fourth-order valence-corrected chi connectivity index (χ4v) is 2.66. The van der Waals surface area contributed by atoms with Crippen molar-refractivity contribution in [1.82, 2.24) is 0 Å². The fourth-order valence-electron chi connectivity index (χ4n) is 2.66. The number of nitrogens with one attached hydrogen (secondary N) is 1. The van der Waals surface area contributed by atoms with Crippen molar-refractivity contribution in [2.45, 2.75) is 0 Å². The van der Waals surface area contributed by atoms with Gasteiger partial charge in [-0.15, -0.1) is 0 Å². The van der Waals surface area contributed by atoms with Crippen molar-refractivity contribution in [2.75, 3.05) is 26.8 Å². The van der Waals surface area contributed by atoms with Crippen LogP contribution in [-0.4, -0.2) is 33.5 Å². The van der Waals surface area contributed by atoms with Gasteiger partial charge in [0.2, 0.25) is 0 Å². The molecule has 7 heteroatoms. The van der Waals surface area contributed by atoms with Crippen LogP contribution in [-0.2, 0) is 0 Å². The molecule has 0 spiro atoms. The summed E-state index contributed by atoms with van der Waals surface area (Å²) >= 11 is 0. The number of hydrazone groups is 1. The molecular weight excluding hydrogens is 384 g/mol. The van der Waals surface area contributed by atoms with E-state index in [1.54, 1.807) is 42.6 Å². The normalized spacial score (nSPS) is 10.5. The average Bonchev–Trinajstić information content (AvgIpc) is 2.80. The van der Waals surface area contributed by atoms with Crippen LogP contribution in [0.2, 0.25) is 0 Å². The molecule has 0 aliphatic rings. The number of anilines is 1. The van der Waals surface area contributed by atoms with Crippen LogP contribution in [0, 0.1) is 0 Å². The lowest BCUT2D eigenvalue weighted by atomic mass is 10.2. The molecule has 1 N–H and O–H groups in total. The van der Waals surface area contributed by atoms with E-state index in [1.807, 2.05) is 30.3 Å². The molecule has 0 fully saturated rings. The van der Waals surface area contributed by atoms with E-state index in [2.05, 4.69) is 10.5 Å². The highest BCUT2D eigenvalue weighted by Crippen LogP contribution is 2.31. The number of nitrogens with zero attached hydrogens (tertiary/aromatic N) is 1. The van der Waals surface area contributed by atoms with Crippen molar-refractivity contribution in [2.24, 2.45) is 5.10 Å². The summed E-state index contributed by atoms with van der Waals surface area (Å²) in [5.41, 5.74) is 4.92. The number of hydrogen-bond donors (Lipinski definition) is 1. The SMILES string of the molecule is COc1ccc(C(=O)Oc2ccc(/C=N/Nc3ccccc3)cc2OC)cc1OC. The highest BCUT2D eigenvalue weighted by Gasteiger charge is 2.15. The van der Waals surface area contributed by atoms with Gasteiger partial charge in [0.25, 0.3) is 0 Å². The molecule has 30 heavy (non-hydrogen) atoms. The van der Waals surface area contributed by atoms with E-state index < -0.39 is 5.97 Å². The van der Waals surface area contributed by atoms with Gasteiger partial charge in [-0.25, -0.2) is 4.79 Å². The lowest BCUT2D eigenvalue weighted by Gasteiger charge is -2.11. The van der Waals surface area contributed by atoms with Gasteiger partial charge in [-0.2, -0.15) is 5.10 Å². The third kappa shape index (κ3) is 5.08. The van der Waals surface area contributed by atoms with Crippen LogP contribution in [0.1, 0.15) is 15.9 Å². The molecular formula is C23H22N2O5. The van der Waals surface area contributed by atoms with Crippen molar-refractivity contribution < 1.29 is 23.7 Å². The maximum atomic E-state index is 12.6. The molecule has 154 valence electrons. The van der Waals surface area contributed by atoms with Crippen molar-refractivity contribution in [3.63, 3.8) is 0 Å². The molecule has 3 aromatic rings. The number of carbonyl (C=O) groups is 1. The summed E-state index contributed by atoms with van der Waals surface area (Å²) in [7, 11) is 4.54. The predicted molar refractivity (Wildman–Crippen MR) is 115 cm³/mol. The van der Waals surface area contributed by atoms with E-state index in [-0.39, 0.29) is 0 Å². The number of rotatable bonds is 8. The Hall–Kier alpha value is -4.00. The van der Waals surface area contributed by atoms with Crippen LogP contribution < -0.4 is 24.4 Å². The summed E-state index contributed by atoms with van der Waals surface area (Å²) in [4.78, 5) is 12.6. The van der Waals surface area contributed by atoms with Gasteiger partial charge in [-0.3, -0.25) is 5.43 Å². The number of carbonyl (C=O) groups excluding carboxylic acids is 1. The van der Waals surface area contributed by atoms with E-state index in [0.29, 0.717) is 28.6 Å². The molecule has 3 rings (SSSR count). The first-order valence-corrected chi connectivity index (χ1v) is 9.11. The zero-order valence-electron chi connectivity index (χ0n) is 16.9. The summed E-state index contributed by atoms with van der Waals surface area (Å²) in [6, 6.07) is 19.6. The van der Waals surface area contributed by atoms with Crippen molar-refractivity contribution >= 4 is 17.9 Å². The number of benzene rings is 3. The van der Waals surface area contributed by atoms with E-state index in [9.17, 15) is 4.79 Å². The number of methoxy groups -OCH3 is 3. The van der Waals surface area contributed by atoms with Crippen LogP contribution in [0.3, 0.4) is 0 Å². The van der Waals surface area contributed by atoms with E-state index in [1.165, 1.54) is 21.3 Å². The Balaban J connectivity index is 1.72. The maximum Gasteiger partial charge on any atom is 0.343 e. The van der Waals surface area contributed by atoms with Gasteiger partial charge in [0, 0.05) is 0 Å². The number of para-hydroxylation sites is 1. The Kier molecular flexibility index (Phi) is 6.89. The molecule has 0 unspecified atom stereocenters. The second-order valence-corrected chi connectivity index (χ2v) is 6.11. The number of hydrogen-bond acceptors (Lipinski definition) is 7. The minimum atomic E-state index is -0.540. The summed E-state index contributed by atoms with van der Waals surface area (Å²) in [5, 5.41) is 4.20. The Morgan fingerprint density at radius 3 is 2.17 bits per heavy atom. The van der Waals surface area contributed by atoms with Crippen LogP contribution in [0.15, 0.2) is 71.8 Å². The average molecular weight is 406 g/mol. The molecule has 0 radical (unpaired) electrons. The third-order valence-electron chi connectivity index (χ3n) is 4.19. The van der Waals surface area contributed by atoms with Gasteiger partial charge in [-0.05, 0) is 54.1 Å². The van der Waals surface area contributed by atoms with Gasteiger partial charge in [-0.1, -0.05) is 18.2 Å². The van der Waals surface area contributed by atoms with Gasteiger partial charge in [0.05, 0.1) is 38.8 Å². The van der Waals surface area contributed by atoms with Crippen LogP contribution >= 0.6 is 0 Å². The lowest BCUT2D eigenvalue weighted by Crippen LogP contribution is -2.10. The first-order chi connectivity index (χ1) is 14.6. The molecule has 3 aromatic carbocycles. The molecule has 0 aliphatic carbocycles. The predicted octanol–water partition coefficient (Wildman–Crippen LogP) is 4.38. The highest BCUT2D eigenvalue weighted by atomic mass is 16.6. The summed E-state index contributed by atoms with van der Waals surface area (Å²) in [6.07, 6.45) is 1.65. The first-order valence-electron chi connectivity index (χ1n) is 9.11. The van der Waals surface area contributed by atoms with Crippen LogP contribution in [0.25, 0.3) is 0 Å². The van der Waals surface area contributed by atoms with Gasteiger partial charge in [0.1, 0.15) is 0 Å². The number of esters is 1. The third-order valence-corrected chi connectivity index (χ3v) is 4.19. The second kappa shape index (κ2) is 9.97. The Morgan fingerprint density at radius 1 is 0.800 bits per heavy atom. The van der Waals surface area contributed by atoms with Crippen LogP contribution in [0.4, 0.5) is 5.69 Å². The zero-order chi connectivity index (χ0) is 21.3. The van der Waals surface area contributed by atoms with E-state index in [0.717, 1.165) is 11.3 Å². The quantitative estimate of drug-likeness (QED) is 0.259. The minimum Gasteiger partial charge on any atom is -0.493 e. The topological polar surface area (TPSA) is 78.4 Å². The monoisotopic (exact) mass is 406 g/mol. The van der Waals surface area contributed by atoms with Crippen LogP contribution in [0.5, 0.6) is 23.0 Å². The van der Waals surface area contributed by atoms with Gasteiger partial charge >= 0.3 is 5.97 Å². The van der Waals surface area contributed by atoms with Crippen molar-refractivity contribution in [3.8, 4) is 23.0 Å². The Morgan fingerprint density at radius 2 is 1.47 bits per heavy atom. The smallest absolute Gasteiger partial charge is 0.343 e. The summed E-state index contributed by atoms with van der Waals surface area (Å²) < 4.78 is 21.3. The Bertz CT molecular complexity index is 1040.